The molecule has 0 atom stereocenters. The summed E-state index contributed by atoms with van der Waals surface area (Å²) >= 11 is 3.76. The van der Waals surface area contributed by atoms with E-state index in [0.29, 0.717) is 37.4 Å². The van der Waals surface area contributed by atoms with Gasteiger partial charge in [-0.15, -0.1) is 22.7 Å². The Bertz CT molecular complexity index is 2100. The summed E-state index contributed by atoms with van der Waals surface area (Å²) in [4.78, 5) is 46.0. The van der Waals surface area contributed by atoms with Crippen molar-refractivity contribution in [3.8, 4) is 39.4 Å². The van der Waals surface area contributed by atoms with Crippen LogP contribution in [-0.2, 0) is 9.53 Å². The molecular formula is C35H29N3O6S3. The van der Waals surface area contributed by atoms with E-state index in [1.165, 1.54) is 27.2 Å². The number of benzene rings is 3. The number of ether oxygens (including phenoxy) is 3. The summed E-state index contributed by atoms with van der Waals surface area (Å²) in [6, 6.07) is 24.1. The molecule has 1 N–H and O–H groups in total. The fourth-order valence-corrected chi connectivity index (χ4v) is 7.76. The monoisotopic (exact) mass is 683 g/mol. The topological polar surface area (TPSA) is 109 Å². The maximum Gasteiger partial charge on any atom is 0.341 e. The van der Waals surface area contributed by atoms with Gasteiger partial charge in [0.15, 0.2) is 5.16 Å². The van der Waals surface area contributed by atoms with Gasteiger partial charge < -0.3 is 19.5 Å². The molecule has 0 aliphatic rings. The van der Waals surface area contributed by atoms with E-state index in [1.54, 1.807) is 33.3 Å². The van der Waals surface area contributed by atoms with E-state index in [2.05, 4.69) is 5.32 Å². The van der Waals surface area contributed by atoms with Crippen LogP contribution in [0.5, 0.6) is 11.5 Å². The predicted octanol–water partition coefficient (Wildman–Crippen LogP) is 7.77. The van der Waals surface area contributed by atoms with Gasteiger partial charge in [0.25, 0.3) is 5.56 Å². The van der Waals surface area contributed by atoms with E-state index in [1.807, 2.05) is 77.5 Å². The molecule has 0 saturated heterocycles. The Labute approximate surface area is 282 Å². The lowest BCUT2D eigenvalue weighted by Crippen LogP contribution is -2.23. The zero-order valence-corrected chi connectivity index (χ0v) is 28.1. The van der Waals surface area contributed by atoms with Gasteiger partial charge in [0.1, 0.15) is 26.9 Å². The quantitative estimate of drug-likeness (QED) is 0.0839. The lowest BCUT2D eigenvalue weighted by atomic mass is 10.0. The highest BCUT2D eigenvalue weighted by Crippen LogP contribution is 2.38. The van der Waals surface area contributed by atoms with Crippen molar-refractivity contribution < 1.29 is 23.8 Å². The van der Waals surface area contributed by atoms with Gasteiger partial charge in [-0.25, -0.2) is 9.78 Å². The number of aromatic nitrogens is 2. The van der Waals surface area contributed by atoms with Crippen molar-refractivity contribution in [1.82, 2.24) is 9.55 Å². The van der Waals surface area contributed by atoms with E-state index < -0.39 is 5.97 Å². The van der Waals surface area contributed by atoms with Crippen LogP contribution in [0.15, 0.2) is 99.6 Å². The number of hydrogen-bond donors (Lipinski definition) is 1. The van der Waals surface area contributed by atoms with Crippen molar-refractivity contribution >= 4 is 61.5 Å². The van der Waals surface area contributed by atoms with E-state index in [9.17, 15) is 14.4 Å². The van der Waals surface area contributed by atoms with Crippen LogP contribution in [0, 0.1) is 0 Å². The second-order valence-corrected chi connectivity index (χ2v) is 12.7. The van der Waals surface area contributed by atoms with Crippen molar-refractivity contribution in [3.63, 3.8) is 0 Å². The lowest BCUT2D eigenvalue weighted by Gasteiger charge is -2.13. The average Bonchev–Trinajstić information content (AvgIpc) is 3.73. The Morgan fingerprint density at radius 1 is 0.851 bits per heavy atom. The minimum absolute atomic E-state index is 0.0560. The number of hydrogen-bond acceptors (Lipinski definition) is 10. The number of nitrogens with one attached hydrogen (secondary N) is 1. The highest BCUT2D eigenvalue weighted by atomic mass is 32.2. The van der Waals surface area contributed by atoms with Crippen LogP contribution in [-0.4, -0.2) is 48.0 Å². The maximum atomic E-state index is 14.2. The van der Waals surface area contributed by atoms with E-state index in [4.69, 9.17) is 19.2 Å². The third-order valence-electron chi connectivity index (χ3n) is 7.25. The molecule has 0 aliphatic carbocycles. The molecular weight excluding hydrogens is 655 g/mol. The first-order chi connectivity index (χ1) is 22.9. The molecule has 3 heterocycles. The standard InChI is InChI=1S/C35H29N3O6S3/c1-4-44-34(41)30-27(22-12-16-25(43-3)17-13-22)19-46-32(30)36-28(39)20-47-35-37-31-29(33(40)38(35)23-8-6-5-7-9-23)26(18-45-31)21-10-14-24(42-2)15-11-21/h5-19H,4,20H2,1-3H3,(H,36,39). The van der Waals surface area contributed by atoms with E-state index >= 15 is 0 Å². The molecule has 6 aromatic rings. The molecule has 0 bridgehead atoms. The van der Waals surface area contributed by atoms with Gasteiger partial charge in [-0.3, -0.25) is 14.2 Å². The average molecular weight is 684 g/mol. The molecule has 0 unspecified atom stereocenters. The lowest BCUT2D eigenvalue weighted by molar-refractivity contribution is -0.113. The summed E-state index contributed by atoms with van der Waals surface area (Å²) < 4.78 is 17.4. The molecule has 12 heteroatoms. The number of carbonyl (C=O) groups is 2. The molecule has 3 aromatic heterocycles. The molecule has 0 radical (unpaired) electrons. The van der Waals surface area contributed by atoms with Crippen molar-refractivity contribution in [3.05, 3.63) is 106 Å². The van der Waals surface area contributed by atoms with E-state index in [-0.39, 0.29) is 29.4 Å². The van der Waals surface area contributed by atoms with Crippen LogP contribution in [0.1, 0.15) is 17.3 Å². The second-order valence-electron chi connectivity index (χ2n) is 10.1. The van der Waals surface area contributed by atoms with E-state index in [0.717, 1.165) is 34.2 Å². The molecule has 47 heavy (non-hydrogen) atoms. The Balaban J connectivity index is 1.31. The Hall–Kier alpha value is -4.91. The van der Waals surface area contributed by atoms with Crippen LogP contribution in [0.4, 0.5) is 5.00 Å². The Morgan fingerprint density at radius 2 is 1.47 bits per heavy atom. The number of fused-ring (bicyclic) bond motifs is 1. The summed E-state index contributed by atoms with van der Waals surface area (Å²) in [6.07, 6.45) is 0. The van der Waals surface area contributed by atoms with Crippen LogP contribution < -0.4 is 20.3 Å². The highest BCUT2D eigenvalue weighted by Gasteiger charge is 2.24. The minimum atomic E-state index is -0.530. The SMILES string of the molecule is CCOC(=O)c1c(-c2ccc(OC)cc2)csc1NC(=O)CSc1nc2scc(-c3ccc(OC)cc3)c2c(=O)n1-c1ccccc1. The summed E-state index contributed by atoms with van der Waals surface area (Å²) in [5, 5.41) is 7.89. The Morgan fingerprint density at radius 3 is 2.09 bits per heavy atom. The van der Waals surface area contributed by atoms with Crippen molar-refractivity contribution in [2.24, 2.45) is 0 Å². The maximum absolute atomic E-state index is 14.2. The highest BCUT2D eigenvalue weighted by molar-refractivity contribution is 7.99. The number of para-hydroxylation sites is 1. The molecule has 6 rings (SSSR count). The van der Waals surface area contributed by atoms with Crippen LogP contribution in [0.25, 0.3) is 38.2 Å². The summed E-state index contributed by atoms with van der Waals surface area (Å²) in [5.41, 5.74) is 3.77. The third kappa shape index (κ3) is 6.66. The first kappa shape index (κ1) is 32.0. The number of amides is 1. The van der Waals surface area contributed by atoms with Gasteiger partial charge in [-0.1, -0.05) is 54.2 Å². The minimum Gasteiger partial charge on any atom is -0.497 e. The van der Waals surface area contributed by atoms with Gasteiger partial charge in [0.05, 0.1) is 37.7 Å². The van der Waals surface area contributed by atoms with Crippen LogP contribution >= 0.6 is 34.4 Å². The Kier molecular flexibility index (Phi) is 9.71. The fraction of sp³-hybridized carbons (Fsp3) is 0.143. The first-order valence-corrected chi connectivity index (χ1v) is 17.3. The zero-order chi connectivity index (χ0) is 32.9. The molecule has 0 saturated carbocycles. The molecule has 1 amide bonds. The smallest absolute Gasteiger partial charge is 0.341 e. The molecule has 0 spiro atoms. The predicted molar refractivity (Wildman–Crippen MR) is 189 cm³/mol. The number of methoxy groups -OCH3 is 2. The van der Waals surface area contributed by atoms with Gasteiger partial charge in [-0.2, -0.15) is 0 Å². The van der Waals surface area contributed by atoms with Crippen LogP contribution in [0.3, 0.4) is 0 Å². The van der Waals surface area contributed by atoms with Crippen molar-refractivity contribution in [2.45, 2.75) is 12.1 Å². The van der Waals surface area contributed by atoms with Crippen molar-refractivity contribution in [1.29, 1.82) is 0 Å². The second kappa shape index (κ2) is 14.2. The molecule has 238 valence electrons. The van der Waals surface area contributed by atoms with Gasteiger partial charge in [-0.05, 0) is 54.4 Å². The number of thiophene rings is 2. The first-order valence-electron chi connectivity index (χ1n) is 14.5. The number of rotatable bonds is 11. The van der Waals surface area contributed by atoms with Crippen LogP contribution in [0.2, 0.25) is 0 Å². The zero-order valence-electron chi connectivity index (χ0n) is 25.6. The number of esters is 1. The number of thioether (sulfide) groups is 1. The molecule has 9 nitrogen and oxygen atoms in total. The largest absolute Gasteiger partial charge is 0.497 e. The summed E-state index contributed by atoms with van der Waals surface area (Å²) in [6.45, 7) is 1.92. The third-order valence-corrected chi connectivity index (χ3v) is 9.96. The summed E-state index contributed by atoms with van der Waals surface area (Å²) in [7, 11) is 3.19. The molecule has 0 aliphatic heterocycles. The number of carbonyl (C=O) groups excluding carboxylic acids is 2. The molecule has 3 aromatic carbocycles. The number of nitrogens with zero attached hydrogens (tertiary/aromatic N) is 2. The van der Waals surface area contributed by atoms with Gasteiger partial charge in [0.2, 0.25) is 5.91 Å². The van der Waals surface area contributed by atoms with Gasteiger partial charge in [0, 0.05) is 21.9 Å². The summed E-state index contributed by atoms with van der Waals surface area (Å²) in [5.74, 6) is 0.464. The fourth-order valence-electron chi connectivity index (χ4n) is 4.99. The van der Waals surface area contributed by atoms with Gasteiger partial charge >= 0.3 is 5.97 Å². The molecule has 0 fully saturated rings. The number of anilines is 1. The normalized spacial score (nSPS) is 11.0. The van der Waals surface area contributed by atoms with Crippen molar-refractivity contribution in [2.75, 3.05) is 31.9 Å².